The quantitative estimate of drug-likeness (QED) is 0.302. The molecule has 0 unspecified atom stereocenters. The van der Waals surface area contributed by atoms with Crippen molar-refractivity contribution in [3.8, 4) is 0 Å². The van der Waals surface area contributed by atoms with E-state index in [0.29, 0.717) is 0 Å². The first-order chi connectivity index (χ1) is 16.8. The van der Waals surface area contributed by atoms with Crippen LogP contribution in [0.5, 0.6) is 0 Å². The summed E-state index contributed by atoms with van der Waals surface area (Å²) in [4.78, 5) is 0. The average molecular weight is 445 g/mol. The Morgan fingerprint density at radius 1 is 0.618 bits per heavy atom. The van der Waals surface area contributed by atoms with Crippen molar-refractivity contribution >= 4 is 0 Å². The monoisotopic (exact) mass is 444 g/mol. The van der Waals surface area contributed by atoms with E-state index in [4.69, 9.17) is 4.74 Å². The standard InChI is InChI=1S/C33H32O/c1-2-26-32(27-16-12-13-17-27,28-18-14-15-19-28)34-33(29-20-6-3-7-21-29,30-22-8-4-9-23-30)31-24-10-5-11-25-31/h3-16,18,20-25H,2,17,19,26H2,1H3. The summed E-state index contributed by atoms with van der Waals surface area (Å²) >= 11 is 0. The minimum Gasteiger partial charge on any atom is -0.346 e. The third kappa shape index (κ3) is 3.91. The lowest BCUT2D eigenvalue weighted by molar-refractivity contribution is -0.0866. The van der Waals surface area contributed by atoms with E-state index in [2.05, 4.69) is 134 Å². The molecule has 2 aliphatic rings. The molecule has 0 radical (unpaired) electrons. The Hall–Kier alpha value is -3.42. The Labute approximate surface area is 203 Å². The van der Waals surface area contributed by atoms with Gasteiger partial charge in [0.25, 0.3) is 0 Å². The van der Waals surface area contributed by atoms with Crippen LogP contribution < -0.4 is 0 Å². The molecule has 5 rings (SSSR count). The van der Waals surface area contributed by atoms with Crippen molar-refractivity contribution in [3.63, 3.8) is 0 Å². The van der Waals surface area contributed by atoms with Crippen molar-refractivity contribution in [1.82, 2.24) is 0 Å². The number of rotatable bonds is 9. The smallest absolute Gasteiger partial charge is 0.145 e. The first-order valence-electron chi connectivity index (χ1n) is 12.4. The van der Waals surface area contributed by atoms with Crippen LogP contribution in [0.4, 0.5) is 0 Å². The van der Waals surface area contributed by atoms with E-state index < -0.39 is 11.2 Å². The van der Waals surface area contributed by atoms with Crippen LogP contribution >= 0.6 is 0 Å². The van der Waals surface area contributed by atoms with Crippen LogP contribution in [0.3, 0.4) is 0 Å². The van der Waals surface area contributed by atoms with E-state index in [9.17, 15) is 0 Å². The van der Waals surface area contributed by atoms with Crippen LogP contribution in [0.1, 0.15) is 49.3 Å². The summed E-state index contributed by atoms with van der Waals surface area (Å²) in [6.45, 7) is 2.26. The highest BCUT2D eigenvalue weighted by atomic mass is 16.5. The first-order valence-corrected chi connectivity index (χ1v) is 12.4. The van der Waals surface area contributed by atoms with Crippen LogP contribution in [0.25, 0.3) is 0 Å². The van der Waals surface area contributed by atoms with Gasteiger partial charge in [0.2, 0.25) is 0 Å². The van der Waals surface area contributed by atoms with Crippen molar-refractivity contribution in [3.05, 3.63) is 155 Å². The van der Waals surface area contributed by atoms with Crippen molar-refractivity contribution in [2.45, 2.75) is 43.8 Å². The third-order valence-corrected chi connectivity index (χ3v) is 7.05. The fourth-order valence-electron chi connectivity index (χ4n) is 5.51. The van der Waals surface area contributed by atoms with Crippen molar-refractivity contribution in [2.75, 3.05) is 0 Å². The molecule has 0 atom stereocenters. The topological polar surface area (TPSA) is 9.23 Å². The minimum absolute atomic E-state index is 0.497. The zero-order valence-electron chi connectivity index (χ0n) is 19.9. The molecule has 0 spiro atoms. The molecule has 2 aliphatic carbocycles. The van der Waals surface area contributed by atoms with Crippen molar-refractivity contribution < 1.29 is 4.74 Å². The van der Waals surface area contributed by atoms with E-state index in [0.717, 1.165) is 42.4 Å². The molecule has 0 fully saturated rings. The van der Waals surface area contributed by atoms with Crippen LogP contribution in [0.2, 0.25) is 0 Å². The SMILES string of the molecule is CCCC(OC(c1ccccc1)(c1ccccc1)c1ccccc1)(C1=CC=CC1)C1=CC=CC1. The van der Waals surface area contributed by atoms with Crippen LogP contribution in [0.15, 0.2) is 139 Å². The van der Waals surface area contributed by atoms with Crippen molar-refractivity contribution in [1.29, 1.82) is 0 Å². The van der Waals surface area contributed by atoms with E-state index in [-0.39, 0.29) is 0 Å². The molecular weight excluding hydrogens is 412 g/mol. The van der Waals surface area contributed by atoms with Crippen LogP contribution in [0, 0.1) is 0 Å². The Bertz CT molecular complexity index is 1090. The highest BCUT2D eigenvalue weighted by Crippen LogP contribution is 2.51. The highest BCUT2D eigenvalue weighted by molar-refractivity contribution is 5.51. The van der Waals surface area contributed by atoms with Gasteiger partial charge in [-0.2, -0.15) is 0 Å². The molecule has 0 heterocycles. The van der Waals surface area contributed by atoms with Gasteiger partial charge in [-0.1, -0.05) is 141 Å². The summed E-state index contributed by atoms with van der Waals surface area (Å²) in [7, 11) is 0. The molecule has 0 aromatic heterocycles. The summed E-state index contributed by atoms with van der Waals surface area (Å²) in [6.07, 6.45) is 17.2. The van der Waals surface area contributed by atoms with Gasteiger partial charge in [-0.15, -0.1) is 0 Å². The van der Waals surface area contributed by atoms with Gasteiger partial charge in [0, 0.05) is 0 Å². The molecule has 3 aromatic carbocycles. The van der Waals surface area contributed by atoms with Gasteiger partial charge in [0.05, 0.1) is 0 Å². The molecule has 0 saturated heterocycles. The number of ether oxygens (including phenoxy) is 1. The summed E-state index contributed by atoms with van der Waals surface area (Å²) in [5.41, 5.74) is 4.87. The normalized spacial score (nSPS) is 15.4. The maximum Gasteiger partial charge on any atom is 0.145 e. The Morgan fingerprint density at radius 3 is 1.35 bits per heavy atom. The predicted molar refractivity (Wildman–Crippen MR) is 142 cm³/mol. The maximum absolute atomic E-state index is 7.78. The molecule has 3 aromatic rings. The number of benzene rings is 3. The van der Waals surface area contributed by atoms with E-state index in [1.54, 1.807) is 0 Å². The minimum atomic E-state index is -0.758. The van der Waals surface area contributed by atoms with E-state index in [1.165, 1.54) is 11.1 Å². The lowest BCUT2D eigenvalue weighted by atomic mass is 9.75. The Kier molecular flexibility index (Phi) is 6.47. The van der Waals surface area contributed by atoms with Gasteiger partial charge in [-0.25, -0.2) is 0 Å². The summed E-state index contributed by atoms with van der Waals surface area (Å²) in [6, 6.07) is 32.2. The Balaban J connectivity index is 1.81. The predicted octanol–water partition coefficient (Wildman–Crippen LogP) is 8.31. The second kappa shape index (κ2) is 9.83. The number of hydrogen-bond acceptors (Lipinski definition) is 1. The van der Waals surface area contributed by atoms with E-state index in [1.807, 2.05) is 0 Å². The van der Waals surface area contributed by atoms with Crippen LogP contribution in [-0.4, -0.2) is 5.60 Å². The third-order valence-electron chi connectivity index (χ3n) is 7.05. The van der Waals surface area contributed by atoms with Gasteiger partial charge in [-0.05, 0) is 47.1 Å². The largest absolute Gasteiger partial charge is 0.346 e. The second-order valence-electron chi connectivity index (χ2n) is 9.11. The average Bonchev–Trinajstić information content (AvgIpc) is 3.64. The summed E-state index contributed by atoms with van der Waals surface area (Å²) in [5.74, 6) is 0. The molecule has 0 bridgehead atoms. The lowest BCUT2D eigenvalue weighted by Gasteiger charge is -2.47. The first kappa shape index (κ1) is 22.4. The van der Waals surface area contributed by atoms with Gasteiger partial charge in [-0.3, -0.25) is 0 Å². The molecule has 1 nitrogen and oxygen atoms in total. The molecule has 0 N–H and O–H groups in total. The summed E-state index contributed by atoms with van der Waals surface area (Å²) in [5, 5.41) is 0. The van der Waals surface area contributed by atoms with Gasteiger partial charge >= 0.3 is 0 Å². The molecule has 1 heteroatoms. The van der Waals surface area contributed by atoms with Gasteiger partial charge in [0.1, 0.15) is 11.2 Å². The molecule has 34 heavy (non-hydrogen) atoms. The van der Waals surface area contributed by atoms with Gasteiger partial charge in [0.15, 0.2) is 0 Å². The second-order valence-corrected chi connectivity index (χ2v) is 9.11. The molecule has 0 amide bonds. The fourth-order valence-corrected chi connectivity index (χ4v) is 5.51. The molecule has 0 saturated carbocycles. The molecular formula is C33H32O. The van der Waals surface area contributed by atoms with Gasteiger partial charge < -0.3 is 4.74 Å². The highest BCUT2D eigenvalue weighted by Gasteiger charge is 2.48. The number of hydrogen-bond donors (Lipinski definition) is 0. The van der Waals surface area contributed by atoms with Crippen LogP contribution in [-0.2, 0) is 10.3 Å². The molecule has 170 valence electrons. The zero-order valence-corrected chi connectivity index (χ0v) is 19.9. The van der Waals surface area contributed by atoms with E-state index >= 15 is 0 Å². The Morgan fingerprint density at radius 2 is 1.03 bits per heavy atom. The maximum atomic E-state index is 7.78. The number of allylic oxidation sites excluding steroid dienone is 6. The fraction of sp³-hybridized carbons (Fsp3) is 0.212. The molecule has 0 aliphatic heterocycles. The summed E-state index contributed by atoms with van der Waals surface area (Å²) < 4.78 is 7.78. The van der Waals surface area contributed by atoms with Crippen molar-refractivity contribution in [2.24, 2.45) is 0 Å². The lowest BCUT2D eigenvalue weighted by Crippen LogP contribution is -2.47. The zero-order chi connectivity index (χ0) is 23.3.